The Kier molecular flexibility index (Phi) is 17.1. The van der Waals surface area contributed by atoms with Gasteiger partial charge in [-0.05, 0) is 67.9 Å². The zero-order chi connectivity index (χ0) is 39.5. The van der Waals surface area contributed by atoms with Crippen molar-refractivity contribution in [3.05, 3.63) is 83.8 Å². The van der Waals surface area contributed by atoms with Crippen molar-refractivity contribution in [3.63, 3.8) is 0 Å². The third-order valence-corrected chi connectivity index (χ3v) is 7.86. The smallest absolute Gasteiger partial charge is 0.435 e. The van der Waals surface area contributed by atoms with Gasteiger partial charge in [0.15, 0.2) is 0 Å². The SMILES string of the molecule is CCCCCCOC(=O)/N=C(/N)c1ccc(NCc2nc3cc(C(=O)N(CCC(=O)OCC)c4ccccn4)ccc3n2C)cc1.O=C(O)CCC(=O)O. The molecule has 4 rings (SSSR count). The maximum Gasteiger partial charge on any atom is 0.435 e. The number of carbonyl (C=O) groups is 5. The summed E-state index contributed by atoms with van der Waals surface area (Å²) in [5.41, 5.74) is 9.40. The lowest BCUT2D eigenvalue weighted by Crippen LogP contribution is -2.34. The van der Waals surface area contributed by atoms with Crippen molar-refractivity contribution in [2.24, 2.45) is 17.8 Å². The first-order valence-electron chi connectivity index (χ1n) is 17.6. The summed E-state index contributed by atoms with van der Waals surface area (Å²) in [4.78, 5) is 71.3. The molecule has 0 aliphatic carbocycles. The molecule has 0 aliphatic heterocycles. The van der Waals surface area contributed by atoms with E-state index in [0.29, 0.717) is 35.6 Å². The number of carbonyl (C=O) groups excluding carboxylic acids is 3. The van der Waals surface area contributed by atoms with Crippen LogP contribution in [0.2, 0.25) is 0 Å². The van der Waals surface area contributed by atoms with Crippen molar-refractivity contribution in [1.29, 1.82) is 0 Å². The number of esters is 1. The van der Waals surface area contributed by atoms with E-state index in [1.165, 1.54) is 4.90 Å². The van der Waals surface area contributed by atoms with Crippen molar-refractivity contribution < 1.29 is 43.7 Å². The standard InChI is InChI=1S/C34H41N7O5.C4H6O4/c1-4-6-7-10-21-46-34(44)39-32(35)24-12-15-26(16-13-24)37-23-30-38-27-22-25(14-17-28(27)40(30)3)33(43)41(20-18-31(42)45-5-2)29-11-8-9-19-36-29;5-3(6)1-2-4(7)8/h8-9,11-17,19,22,37H,4-7,10,18,20-21,23H2,1-3H3,(H2,35,39,44);1-2H2,(H,5,6)(H,7,8). The summed E-state index contributed by atoms with van der Waals surface area (Å²) in [5.74, 6) is -1.53. The van der Waals surface area contributed by atoms with E-state index < -0.39 is 18.0 Å². The lowest BCUT2D eigenvalue weighted by molar-refractivity contribution is -0.143. The van der Waals surface area contributed by atoms with Gasteiger partial charge in [0.05, 0.1) is 50.1 Å². The number of nitrogens with one attached hydrogen (secondary N) is 1. The maximum absolute atomic E-state index is 13.6. The maximum atomic E-state index is 13.6. The van der Waals surface area contributed by atoms with E-state index in [1.807, 2.05) is 29.8 Å². The fourth-order valence-electron chi connectivity index (χ4n) is 5.00. The van der Waals surface area contributed by atoms with Crippen molar-refractivity contribution in [3.8, 4) is 0 Å². The molecule has 0 atom stereocenters. The number of aliphatic carboxylic acids is 2. The molecule has 0 aliphatic rings. The number of aromatic nitrogens is 3. The van der Waals surface area contributed by atoms with Crippen molar-refractivity contribution >= 4 is 58.3 Å². The number of nitrogens with zero attached hydrogens (tertiary/aromatic N) is 5. The Morgan fingerprint density at radius 1 is 0.889 bits per heavy atom. The van der Waals surface area contributed by atoms with Gasteiger partial charge in [0, 0.05) is 36.6 Å². The molecular formula is C38H47N7O9. The van der Waals surface area contributed by atoms with Crippen LogP contribution in [0.5, 0.6) is 0 Å². The zero-order valence-electron chi connectivity index (χ0n) is 30.7. The van der Waals surface area contributed by atoms with Crippen LogP contribution in [0.4, 0.5) is 16.3 Å². The number of carboxylic acid groups (broad SMARTS) is 2. The number of rotatable bonds is 18. The quantitative estimate of drug-likeness (QED) is 0.0425. The molecule has 2 aromatic carbocycles. The van der Waals surface area contributed by atoms with Crippen LogP contribution in [0.3, 0.4) is 0 Å². The Morgan fingerprint density at radius 3 is 2.22 bits per heavy atom. The minimum Gasteiger partial charge on any atom is -0.481 e. The Morgan fingerprint density at radius 2 is 1.59 bits per heavy atom. The second-order valence-electron chi connectivity index (χ2n) is 11.9. The lowest BCUT2D eigenvalue weighted by Gasteiger charge is -2.21. The van der Waals surface area contributed by atoms with E-state index in [4.69, 9.17) is 30.4 Å². The summed E-state index contributed by atoms with van der Waals surface area (Å²) in [5, 5.41) is 19.1. The van der Waals surface area contributed by atoms with Crippen LogP contribution in [0.15, 0.2) is 71.9 Å². The van der Waals surface area contributed by atoms with Crippen LogP contribution in [0.25, 0.3) is 11.0 Å². The molecule has 0 bridgehead atoms. The first-order valence-corrected chi connectivity index (χ1v) is 17.6. The number of anilines is 2. The van der Waals surface area contributed by atoms with Gasteiger partial charge < -0.3 is 35.3 Å². The number of imidazole rings is 1. The highest BCUT2D eigenvalue weighted by atomic mass is 16.5. The molecule has 2 amide bonds. The van der Waals surface area contributed by atoms with Gasteiger partial charge in [-0.1, -0.05) is 32.3 Å². The molecule has 2 heterocycles. The van der Waals surface area contributed by atoms with Crippen LogP contribution in [0.1, 0.15) is 80.5 Å². The van der Waals surface area contributed by atoms with Gasteiger partial charge in [-0.15, -0.1) is 0 Å². The number of hydrogen-bond acceptors (Lipinski definition) is 10. The fourth-order valence-corrected chi connectivity index (χ4v) is 5.00. The largest absolute Gasteiger partial charge is 0.481 e. The Labute approximate surface area is 313 Å². The number of hydrogen-bond donors (Lipinski definition) is 4. The van der Waals surface area contributed by atoms with E-state index in [2.05, 4.69) is 22.2 Å². The number of fused-ring (bicyclic) bond motifs is 1. The average Bonchev–Trinajstić information content (AvgIpc) is 3.48. The highest BCUT2D eigenvalue weighted by Crippen LogP contribution is 2.21. The molecule has 54 heavy (non-hydrogen) atoms. The monoisotopic (exact) mass is 745 g/mol. The molecule has 4 aromatic rings. The number of aliphatic imine (C=N–C) groups is 1. The van der Waals surface area contributed by atoms with Crippen LogP contribution in [-0.4, -0.2) is 80.3 Å². The highest BCUT2D eigenvalue weighted by molar-refractivity contribution is 6.07. The number of nitrogens with two attached hydrogens (primary N) is 1. The molecular weight excluding hydrogens is 698 g/mol. The predicted molar refractivity (Wildman–Crippen MR) is 202 cm³/mol. The normalized spacial score (nSPS) is 10.9. The third kappa shape index (κ3) is 13.7. The Bertz CT molecular complexity index is 1880. The van der Waals surface area contributed by atoms with Crippen molar-refractivity contribution in [2.75, 3.05) is 30.0 Å². The van der Waals surface area contributed by atoms with E-state index in [0.717, 1.165) is 42.7 Å². The molecule has 16 nitrogen and oxygen atoms in total. The van der Waals surface area contributed by atoms with E-state index in [-0.39, 0.29) is 50.1 Å². The highest BCUT2D eigenvalue weighted by Gasteiger charge is 2.21. The number of pyridine rings is 1. The zero-order valence-corrected chi connectivity index (χ0v) is 30.7. The number of amides is 2. The van der Waals surface area contributed by atoms with Gasteiger partial charge in [0.2, 0.25) is 0 Å². The molecule has 0 spiro atoms. The Balaban J connectivity index is 0.000000879. The summed E-state index contributed by atoms with van der Waals surface area (Å²) in [7, 11) is 1.91. The second kappa shape index (κ2) is 21.9. The summed E-state index contributed by atoms with van der Waals surface area (Å²) < 4.78 is 12.1. The first kappa shape index (κ1) is 42.1. The fraction of sp³-hybridized carbons (Fsp3) is 0.368. The predicted octanol–water partition coefficient (Wildman–Crippen LogP) is 5.54. The first-order chi connectivity index (χ1) is 25.9. The summed E-state index contributed by atoms with van der Waals surface area (Å²) >= 11 is 0. The molecule has 0 saturated carbocycles. The van der Waals surface area contributed by atoms with E-state index in [9.17, 15) is 24.0 Å². The minimum absolute atomic E-state index is 0.0455. The number of amidine groups is 1. The van der Waals surface area contributed by atoms with Crippen molar-refractivity contribution in [1.82, 2.24) is 14.5 Å². The van der Waals surface area contributed by atoms with Crippen LogP contribution < -0.4 is 16.0 Å². The molecule has 0 saturated heterocycles. The molecule has 0 unspecified atom stereocenters. The topological polar surface area (TPSA) is 229 Å². The summed E-state index contributed by atoms with van der Waals surface area (Å²) in [6.07, 6.45) is 4.40. The number of aryl methyl sites for hydroxylation is 1. The summed E-state index contributed by atoms with van der Waals surface area (Å²) in [6.45, 7) is 5.02. The molecule has 5 N–H and O–H groups in total. The second-order valence-corrected chi connectivity index (χ2v) is 11.9. The molecule has 2 aromatic heterocycles. The van der Waals surface area contributed by atoms with Gasteiger partial charge in [0.1, 0.15) is 17.5 Å². The van der Waals surface area contributed by atoms with Gasteiger partial charge in [0.25, 0.3) is 5.91 Å². The van der Waals surface area contributed by atoms with Gasteiger partial charge in [-0.3, -0.25) is 24.1 Å². The van der Waals surface area contributed by atoms with Crippen LogP contribution in [0, 0.1) is 0 Å². The van der Waals surface area contributed by atoms with Crippen LogP contribution in [-0.2, 0) is 37.4 Å². The van der Waals surface area contributed by atoms with E-state index >= 15 is 0 Å². The molecule has 0 radical (unpaired) electrons. The van der Waals surface area contributed by atoms with Crippen molar-refractivity contribution in [2.45, 2.75) is 65.3 Å². The molecule has 0 fully saturated rings. The third-order valence-electron chi connectivity index (χ3n) is 7.86. The van der Waals surface area contributed by atoms with E-state index in [1.54, 1.807) is 55.6 Å². The molecule has 288 valence electrons. The Hall–Kier alpha value is -6.32. The number of ether oxygens (including phenoxy) is 2. The van der Waals surface area contributed by atoms with Gasteiger partial charge >= 0.3 is 24.0 Å². The molecule has 16 heteroatoms. The number of carboxylic acids is 2. The van der Waals surface area contributed by atoms with Gasteiger partial charge in [-0.2, -0.15) is 4.99 Å². The van der Waals surface area contributed by atoms with Gasteiger partial charge in [-0.25, -0.2) is 14.8 Å². The average molecular weight is 746 g/mol. The number of benzene rings is 2. The number of unbranched alkanes of at least 4 members (excludes halogenated alkanes) is 3. The summed E-state index contributed by atoms with van der Waals surface area (Å²) in [6, 6.07) is 17.9. The van der Waals surface area contributed by atoms with Crippen LogP contribution >= 0.6 is 0 Å². The minimum atomic E-state index is -1.08. The lowest BCUT2D eigenvalue weighted by atomic mass is 10.1.